The van der Waals surface area contributed by atoms with Crippen molar-refractivity contribution < 1.29 is 18.4 Å². The lowest BCUT2D eigenvalue weighted by molar-refractivity contribution is -0.124. The SMILES string of the molecule is CC(C)(C)S(=O)(=O)c1cccc(/C=C/C(=O)NO)c1. The van der Waals surface area contributed by atoms with Gasteiger partial charge < -0.3 is 0 Å². The second-order valence-corrected chi connectivity index (χ2v) is 7.70. The van der Waals surface area contributed by atoms with Crippen LogP contribution >= 0.6 is 0 Å². The molecule has 0 aliphatic heterocycles. The van der Waals surface area contributed by atoms with Gasteiger partial charge in [0, 0.05) is 6.08 Å². The number of carbonyl (C=O) groups excluding carboxylic acids is 1. The summed E-state index contributed by atoms with van der Waals surface area (Å²) >= 11 is 0. The van der Waals surface area contributed by atoms with E-state index in [4.69, 9.17) is 5.21 Å². The maximum absolute atomic E-state index is 12.3. The highest BCUT2D eigenvalue weighted by Crippen LogP contribution is 2.25. The Morgan fingerprint density at radius 1 is 1.32 bits per heavy atom. The number of benzene rings is 1. The summed E-state index contributed by atoms with van der Waals surface area (Å²) in [6.07, 6.45) is 2.54. The van der Waals surface area contributed by atoms with Gasteiger partial charge in [-0.3, -0.25) is 10.0 Å². The molecule has 0 saturated carbocycles. The van der Waals surface area contributed by atoms with Crippen molar-refractivity contribution >= 4 is 21.8 Å². The van der Waals surface area contributed by atoms with Crippen LogP contribution < -0.4 is 5.48 Å². The van der Waals surface area contributed by atoms with E-state index in [1.807, 2.05) is 0 Å². The Balaban J connectivity index is 3.16. The average Bonchev–Trinajstić information content (AvgIpc) is 2.35. The molecule has 1 aromatic carbocycles. The summed E-state index contributed by atoms with van der Waals surface area (Å²) in [4.78, 5) is 11.1. The Kier molecular flexibility index (Phi) is 4.49. The maximum atomic E-state index is 12.3. The molecule has 0 aliphatic rings. The summed E-state index contributed by atoms with van der Waals surface area (Å²) < 4.78 is 23.6. The number of amides is 1. The summed E-state index contributed by atoms with van der Waals surface area (Å²) in [6, 6.07) is 6.28. The van der Waals surface area contributed by atoms with Crippen molar-refractivity contribution in [3.63, 3.8) is 0 Å². The van der Waals surface area contributed by atoms with Gasteiger partial charge >= 0.3 is 0 Å². The van der Waals surface area contributed by atoms with Gasteiger partial charge in [-0.2, -0.15) is 0 Å². The first-order valence-electron chi connectivity index (χ1n) is 5.65. The Morgan fingerprint density at radius 2 is 1.95 bits per heavy atom. The molecular formula is C13H17NO4S. The molecule has 1 rings (SSSR count). The van der Waals surface area contributed by atoms with Crippen LogP contribution in [0.5, 0.6) is 0 Å². The lowest BCUT2D eigenvalue weighted by Gasteiger charge is -2.19. The molecule has 1 aromatic rings. The van der Waals surface area contributed by atoms with E-state index in [1.165, 1.54) is 23.7 Å². The number of sulfone groups is 1. The number of hydrogen-bond donors (Lipinski definition) is 2. The van der Waals surface area contributed by atoms with Crippen LogP contribution in [0.2, 0.25) is 0 Å². The smallest absolute Gasteiger partial charge is 0.267 e. The van der Waals surface area contributed by atoms with Crippen molar-refractivity contribution in [1.29, 1.82) is 0 Å². The van der Waals surface area contributed by atoms with Gasteiger partial charge in [-0.15, -0.1) is 0 Å². The number of carbonyl (C=O) groups is 1. The van der Waals surface area contributed by atoms with Crippen molar-refractivity contribution in [2.75, 3.05) is 0 Å². The fourth-order valence-electron chi connectivity index (χ4n) is 1.35. The topological polar surface area (TPSA) is 83.5 Å². The summed E-state index contributed by atoms with van der Waals surface area (Å²) in [5.74, 6) is -0.677. The zero-order chi connectivity index (χ0) is 14.7. The highest BCUT2D eigenvalue weighted by molar-refractivity contribution is 7.92. The summed E-state index contributed by atoms with van der Waals surface area (Å²) in [5.41, 5.74) is 2.02. The fraction of sp³-hybridized carbons (Fsp3) is 0.308. The minimum atomic E-state index is -3.43. The molecule has 0 heterocycles. The minimum Gasteiger partial charge on any atom is -0.288 e. The molecule has 1 amide bonds. The van der Waals surface area contributed by atoms with Crippen LogP contribution in [0.1, 0.15) is 26.3 Å². The lowest BCUT2D eigenvalue weighted by atomic mass is 10.2. The van der Waals surface area contributed by atoms with Crippen LogP contribution in [0.25, 0.3) is 6.08 Å². The molecule has 0 unspecified atom stereocenters. The molecule has 2 N–H and O–H groups in total. The zero-order valence-corrected chi connectivity index (χ0v) is 11.9. The van der Waals surface area contributed by atoms with Crippen LogP contribution in [0.3, 0.4) is 0 Å². The van der Waals surface area contributed by atoms with E-state index < -0.39 is 20.5 Å². The van der Waals surface area contributed by atoms with E-state index >= 15 is 0 Å². The summed E-state index contributed by atoms with van der Waals surface area (Å²) in [7, 11) is -3.43. The first-order chi connectivity index (χ1) is 8.68. The van der Waals surface area contributed by atoms with E-state index in [0.29, 0.717) is 5.56 Å². The molecule has 0 aliphatic carbocycles. The molecule has 0 spiro atoms. The predicted octanol–water partition coefficient (Wildman–Crippen LogP) is 1.78. The van der Waals surface area contributed by atoms with E-state index in [0.717, 1.165) is 6.08 Å². The van der Waals surface area contributed by atoms with Crippen LogP contribution in [-0.4, -0.2) is 24.3 Å². The van der Waals surface area contributed by atoms with E-state index in [1.54, 1.807) is 32.9 Å². The van der Waals surface area contributed by atoms with Gasteiger partial charge in [0.15, 0.2) is 9.84 Å². The average molecular weight is 283 g/mol. The first kappa shape index (κ1) is 15.4. The molecule has 0 radical (unpaired) electrons. The summed E-state index contributed by atoms with van der Waals surface area (Å²) in [6.45, 7) is 4.89. The van der Waals surface area contributed by atoms with Crippen LogP contribution in [-0.2, 0) is 14.6 Å². The number of rotatable bonds is 3. The minimum absolute atomic E-state index is 0.201. The molecule has 0 saturated heterocycles. The van der Waals surface area contributed by atoms with E-state index in [2.05, 4.69) is 0 Å². The highest BCUT2D eigenvalue weighted by Gasteiger charge is 2.30. The predicted molar refractivity (Wildman–Crippen MR) is 72.3 cm³/mol. The van der Waals surface area contributed by atoms with Crippen molar-refractivity contribution in [3.8, 4) is 0 Å². The maximum Gasteiger partial charge on any atom is 0.267 e. The zero-order valence-electron chi connectivity index (χ0n) is 11.0. The monoisotopic (exact) mass is 283 g/mol. The van der Waals surface area contributed by atoms with Crippen LogP contribution in [0.15, 0.2) is 35.2 Å². The quantitative estimate of drug-likeness (QED) is 0.503. The molecular weight excluding hydrogens is 266 g/mol. The van der Waals surface area contributed by atoms with E-state index in [9.17, 15) is 13.2 Å². The fourth-order valence-corrected chi connectivity index (χ4v) is 2.60. The first-order valence-corrected chi connectivity index (χ1v) is 7.13. The van der Waals surface area contributed by atoms with Crippen LogP contribution in [0.4, 0.5) is 0 Å². The highest BCUT2D eigenvalue weighted by atomic mass is 32.2. The van der Waals surface area contributed by atoms with E-state index in [-0.39, 0.29) is 4.90 Å². The Hall–Kier alpha value is -1.66. The number of hydroxylamine groups is 1. The van der Waals surface area contributed by atoms with Gasteiger partial charge in [-0.05, 0) is 44.5 Å². The standard InChI is InChI=1S/C13H17NO4S/c1-13(2,3)19(17,18)11-6-4-5-10(9-11)7-8-12(15)14-16/h4-9,16H,1-3H3,(H,14,15)/b8-7+. The second-order valence-electron chi connectivity index (χ2n) is 5.00. The van der Waals surface area contributed by atoms with Crippen molar-refractivity contribution in [1.82, 2.24) is 5.48 Å². The molecule has 0 aromatic heterocycles. The Labute approximate surface area is 112 Å². The third-order valence-corrected chi connectivity index (χ3v) is 5.00. The molecule has 0 bridgehead atoms. The molecule has 0 fully saturated rings. The Bertz CT molecular complexity index is 597. The van der Waals surface area contributed by atoms with Crippen molar-refractivity contribution in [2.45, 2.75) is 30.4 Å². The number of nitrogens with one attached hydrogen (secondary N) is 1. The van der Waals surface area contributed by atoms with Gasteiger partial charge in [0.2, 0.25) is 0 Å². The normalized spacial score (nSPS) is 12.6. The molecule has 104 valence electrons. The third-order valence-electron chi connectivity index (χ3n) is 2.51. The Morgan fingerprint density at radius 3 is 2.47 bits per heavy atom. The van der Waals surface area contributed by atoms with Crippen molar-refractivity contribution in [3.05, 3.63) is 35.9 Å². The third kappa shape index (κ3) is 3.65. The largest absolute Gasteiger partial charge is 0.288 e. The van der Waals surface area contributed by atoms with Gasteiger partial charge in [-0.1, -0.05) is 12.1 Å². The van der Waals surface area contributed by atoms with Gasteiger partial charge in [-0.25, -0.2) is 13.9 Å². The van der Waals surface area contributed by atoms with Crippen molar-refractivity contribution in [2.24, 2.45) is 0 Å². The van der Waals surface area contributed by atoms with Gasteiger partial charge in [0.25, 0.3) is 5.91 Å². The van der Waals surface area contributed by atoms with Gasteiger partial charge in [0.05, 0.1) is 9.64 Å². The molecule has 19 heavy (non-hydrogen) atoms. The molecule has 0 atom stereocenters. The second kappa shape index (κ2) is 5.54. The van der Waals surface area contributed by atoms with Crippen LogP contribution in [0, 0.1) is 0 Å². The summed E-state index contributed by atoms with van der Waals surface area (Å²) in [5, 5.41) is 8.36. The molecule has 5 nitrogen and oxygen atoms in total. The molecule has 6 heteroatoms. The number of hydrogen-bond acceptors (Lipinski definition) is 4. The van der Waals surface area contributed by atoms with Gasteiger partial charge in [0.1, 0.15) is 0 Å². The lowest BCUT2D eigenvalue weighted by Crippen LogP contribution is -2.27.